The van der Waals surface area contributed by atoms with E-state index in [4.69, 9.17) is 16.5 Å². The first-order valence-electron chi connectivity index (χ1n) is 8.56. The first-order valence-corrected chi connectivity index (χ1v) is 8.56. The Bertz CT molecular complexity index is 938. The molecule has 0 spiro atoms. The highest BCUT2D eigenvalue weighted by atomic mass is 16.1. The number of carbonyl (C=O) groups is 1. The SMILES string of the molecule is CN(C)CCCc1nc(-c2ccccc2)nc2c(C(N)=O)ccc(N)c12. The number of nitrogens with zero attached hydrogens (tertiary/aromatic N) is 3. The molecule has 6 heteroatoms. The van der Waals surface area contributed by atoms with Crippen LogP contribution in [-0.2, 0) is 6.42 Å². The zero-order valence-electron chi connectivity index (χ0n) is 15.1. The van der Waals surface area contributed by atoms with Gasteiger partial charge in [-0.25, -0.2) is 9.97 Å². The van der Waals surface area contributed by atoms with Gasteiger partial charge >= 0.3 is 0 Å². The second-order valence-corrected chi connectivity index (χ2v) is 6.56. The average Bonchev–Trinajstić information content (AvgIpc) is 2.61. The zero-order valence-corrected chi connectivity index (χ0v) is 15.1. The van der Waals surface area contributed by atoms with Crippen LogP contribution < -0.4 is 11.5 Å². The number of fused-ring (bicyclic) bond motifs is 1. The van der Waals surface area contributed by atoms with Crippen LogP contribution in [0.15, 0.2) is 42.5 Å². The van der Waals surface area contributed by atoms with Gasteiger partial charge in [0.15, 0.2) is 5.82 Å². The molecular weight excluding hydrogens is 326 g/mol. The van der Waals surface area contributed by atoms with E-state index in [-0.39, 0.29) is 0 Å². The van der Waals surface area contributed by atoms with E-state index < -0.39 is 5.91 Å². The summed E-state index contributed by atoms with van der Waals surface area (Å²) in [5.41, 5.74) is 14.9. The maximum absolute atomic E-state index is 11.9. The molecule has 0 atom stereocenters. The molecule has 6 nitrogen and oxygen atoms in total. The van der Waals surface area contributed by atoms with E-state index in [0.29, 0.717) is 22.6 Å². The molecule has 0 bridgehead atoms. The number of nitrogens with two attached hydrogens (primary N) is 2. The summed E-state index contributed by atoms with van der Waals surface area (Å²) in [4.78, 5) is 23.4. The van der Waals surface area contributed by atoms with Gasteiger partial charge in [0.2, 0.25) is 0 Å². The van der Waals surface area contributed by atoms with Crippen molar-refractivity contribution in [2.24, 2.45) is 5.73 Å². The molecule has 4 N–H and O–H groups in total. The Morgan fingerprint density at radius 3 is 2.46 bits per heavy atom. The zero-order chi connectivity index (χ0) is 18.7. The predicted molar refractivity (Wildman–Crippen MR) is 105 cm³/mol. The molecule has 0 aliphatic carbocycles. The standard InChI is InChI=1S/C20H23N5O/c1-25(2)12-6-9-16-17-15(21)11-10-14(19(22)26)18(17)24-20(23-16)13-7-4-3-5-8-13/h3-5,7-8,10-11H,6,9,12,21H2,1-2H3,(H2,22,26). The molecule has 1 amide bonds. The quantitative estimate of drug-likeness (QED) is 0.666. The number of anilines is 1. The highest BCUT2D eigenvalue weighted by Gasteiger charge is 2.17. The van der Waals surface area contributed by atoms with Crippen molar-refractivity contribution in [3.05, 3.63) is 53.7 Å². The van der Waals surface area contributed by atoms with Gasteiger partial charge in [-0.05, 0) is 45.6 Å². The van der Waals surface area contributed by atoms with Crippen molar-refractivity contribution in [1.29, 1.82) is 0 Å². The molecule has 3 rings (SSSR count). The number of aryl methyl sites for hydroxylation is 1. The third kappa shape index (κ3) is 3.65. The maximum Gasteiger partial charge on any atom is 0.250 e. The van der Waals surface area contributed by atoms with Crippen LogP contribution in [0.1, 0.15) is 22.5 Å². The molecule has 26 heavy (non-hydrogen) atoms. The second kappa shape index (κ2) is 7.49. The fourth-order valence-corrected chi connectivity index (χ4v) is 3.00. The predicted octanol–water partition coefficient (Wildman–Crippen LogP) is 2.47. The van der Waals surface area contributed by atoms with E-state index in [1.807, 2.05) is 44.4 Å². The van der Waals surface area contributed by atoms with Crippen molar-refractivity contribution in [2.45, 2.75) is 12.8 Å². The van der Waals surface area contributed by atoms with Crippen LogP contribution >= 0.6 is 0 Å². The third-order valence-electron chi connectivity index (χ3n) is 4.27. The van der Waals surface area contributed by atoms with Crippen molar-refractivity contribution in [3.63, 3.8) is 0 Å². The van der Waals surface area contributed by atoms with Crippen molar-refractivity contribution in [1.82, 2.24) is 14.9 Å². The number of aromatic nitrogens is 2. The molecule has 1 heterocycles. The highest BCUT2D eigenvalue weighted by Crippen LogP contribution is 2.29. The number of carbonyl (C=O) groups excluding carboxylic acids is 1. The van der Waals surface area contributed by atoms with Crippen LogP contribution in [0.3, 0.4) is 0 Å². The van der Waals surface area contributed by atoms with Crippen molar-refractivity contribution in [2.75, 3.05) is 26.4 Å². The van der Waals surface area contributed by atoms with Crippen LogP contribution in [0.4, 0.5) is 5.69 Å². The monoisotopic (exact) mass is 349 g/mol. The summed E-state index contributed by atoms with van der Waals surface area (Å²) in [5.74, 6) is 0.0537. The molecule has 0 aliphatic rings. The molecule has 134 valence electrons. The number of primary amides is 1. The molecule has 0 unspecified atom stereocenters. The lowest BCUT2D eigenvalue weighted by molar-refractivity contribution is 0.100. The molecular formula is C20H23N5O. The number of nitrogen functional groups attached to an aromatic ring is 1. The average molecular weight is 349 g/mol. The Hall–Kier alpha value is -2.99. The molecule has 0 aliphatic heterocycles. The molecule has 0 fully saturated rings. The molecule has 0 saturated heterocycles. The van der Waals surface area contributed by atoms with E-state index in [1.54, 1.807) is 12.1 Å². The Labute approximate surface area is 152 Å². The minimum absolute atomic E-state index is 0.364. The fourth-order valence-electron chi connectivity index (χ4n) is 3.00. The van der Waals surface area contributed by atoms with Gasteiger partial charge in [-0.1, -0.05) is 30.3 Å². The van der Waals surface area contributed by atoms with Gasteiger partial charge in [0.1, 0.15) is 0 Å². The summed E-state index contributed by atoms with van der Waals surface area (Å²) in [5, 5.41) is 0.722. The largest absolute Gasteiger partial charge is 0.398 e. The van der Waals surface area contributed by atoms with Gasteiger partial charge in [0.05, 0.1) is 16.8 Å². The van der Waals surface area contributed by atoms with Crippen LogP contribution in [0.2, 0.25) is 0 Å². The summed E-state index contributed by atoms with van der Waals surface area (Å²) in [6, 6.07) is 13.0. The lowest BCUT2D eigenvalue weighted by Crippen LogP contribution is -2.15. The minimum atomic E-state index is -0.521. The summed E-state index contributed by atoms with van der Waals surface area (Å²) in [6.07, 6.45) is 1.66. The molecule has 0 radical (unpaired) electrons. The van der Waals surface area contributed by atoms with Gasteiger partial charge in [0, 0.05) is 16.6 Å². The second-order valence-electron chi connectivity index (χ2n) is 6.56. The molecule has 1 aromatic heterocycles. The van der Waals surface area contributed by atoms with Crippen molar-refractivity contribution >= 4 is 22.5 Å². The number of amides is 1. The Morgan fingerprint density at radius 1 is 1.08 bits per heavy atom. The topological polar surface area (TPSA) is 98.1 Å². The van der Waals surface area contributed by atoms with Gasteiger partial charge in [-0.15, -0.1) is 0 Å². The van der Waals surface area contributed by atoms with Crippen molar-refractivity contribution < 1.29 is 4.79 Å². The number of benzene rings is 2. The lowest BCUT2D eigenvalue weighted by atomic mass is 10.0. The lowest BCUT2D eigenvalue weighted by Gasteiger charge is -2.14. The van der Waals surface area contributed by atoms with E-state index in [1.165, 1.54) is 0 Å². The normalized spacial score (nSPS) is 11.2. The smallest absolute Gasteiger partial charge is 0.250 e. The molecule has 0 saturated carbocycles. The van der Waals surface area contributed by atoms with E-state index in [0.717, 1.165) is 36.0 Å². The minimum Gasteiger partial charge on any atom is -0.398 e. The van der Waals surface area contributed by atoms with Crippen molar-refractivity contribution in [3.8, 4) is 11.4 Å². The first kappa shape index (κ1) is 17.8. The van der Waals surface area contributed by atoms with Crippen LogP contribution in [0, 0.1) is 0 Å². The molecule has 2 aromatic carbocycles. The summed E-state index contributed by atoms with van der Waals surface area (Å²) in [7, 11) is 4.07. The fraction of sp³-hybridized carbons (Fsp3) is 0.250. The van der Waals surface area contributed by atoms with Gasteiger partial charge in [-0.3, -0.25) is 4.79 Å². The van der Waals surface area contributed by atoms with Crippen LogP contribution in [0.5, 0.6) is 0 Å². The third-order valence-corrected chi connectivity index (χ3v) is 4.27. The Kier molecular flexibility index (Phi) is 5.14. The Morgan fingerprint density at radius 2 is 1.81 bits per heavy atom. The first-order chi connectivity index (χ1) is 12.5. The van der Waals surface area contributed by atoms with E-state index in [2.05, 4.69) is 9.88 Å². The number of rotatable bonds is 6. The van der Waals surface area contributed by atoms with Gasteiger partial charge < -0.3 is 16.4 Å². The summed E-state index contributed by atoms with van der Waals surface area (Å²) in [6.45, 7) is 0.932. The van der Waals surface area contributed by atoms with Gasteiger partial charge in [0.25, 0.3) is 5.91 Å². The summed E-state index contributed by atoms with van der Waals surface area (Å²) < 4.78 is 0. The maximum atomic E-state index is 11.9. The van der Waals surface area contributed by atoms with E-state index >= 15 is 0 Å². The summed E-state index contributed by atoms with van der Waals surface area (Å²) >= 11 is 0. The van der Waals surface area contributed by atoms with Crippen LogP contribution in [0.25, 0.3) is 22.3 Å². The van der Waals surface area contributed by atoms with Gasteiger partial charge in [-0.2, -0.15) is 0 Å². The number of hydrogen-bond acceptors (Lipinski definition) is 5. The van der Waals surface area contributed by atoms with Crippen LogP contribution in [-0.4, -0.2) is 41.4 Å². The van der Waals surface area contributed by atoms with E-state index in [9.17, 15) is 4.79 Å². The highest BCUT2D eigenvalue weighted by molar-refractivity contribution is 6.08. The Balaban J connectivity index is 2.21. The molecule has 3 aromatic rings. The number of hydrogen-bond donors (Lipinski definition) is 2.